The van der Waals surface area contributed by atoms with E-state index in [1.54, 1.807) is 0 Å². The summed E-state index contributed by atoms with van der Waals surface area (Å²) in [6.45, 7) is 6.36. The summed E-state index contributed by atoms with van der Waals surface area (Å²) in [7, 11) is 0. The minimum atomic E-state index is -0.496. The molecule has 2 rings (SSSR count). The van der Waals surface area contributed by atoms with E-state index < -0.39 is 11.6 Å². The van der Waals surface area contributed by atoms with Crippen LogP contribution in [0.5, 0.6) is 0 Å². The monoisotopic (exact) mass is 361 g/mol. The lowest BCUT2D eigenvalue weighted by molar-refractivity contribution is 0.0622. The molecule has 1 aliphatic rings. The summed E-state index contributed by atoms with van der Waals surface area (Å²) in [5.74, 6) is -0.978. The second-order valence-electron chi connectivity index (χ2n) is 5.80. The Morgan fingerprint density at radius 3 is 2.81 bits per heavy atom. The zero-order valence-corrected chi connectivity index (χ0v) is 14.1. The Labute approximate surface area is 133 Å². The van der Waals surface area contributed by atoms with Gasteiger partial charge in [-0.1, -0.05) is 6.92 Å². The third-order valence-electron chi connectivity index (χ3n) is 4.40. The van der Waals surface area contributed by atoms with E-state index in [9.17, 15) is 8.78 Å². The molecule has 1 aliphatic heterocycles. The average Bonchev–Trinajstić information content (AvgIpc) is 2.81. The van der Waals surface area contributed by atoms with E-state index in [-0.39, 0.29) is 17.1 Å². The fourth-order valence-corrected chi connectivity index (χ4v) is 3.31. The second-order valence-corrected chi connectivity index (χ2v) is 6.66. The lowest BCUT2D eigenvalue weighted by Crippen LogP contribution is -2.42. The van der Waals surface area contributed by atoms with Crippen molar-refractivity contribution in [2.75, 3.05) is 19.7 Å². The maximum atomic E-state index is 14.3. The molecule has 0 spiro atoms. The van der Waals surface area contributed by atoms with Crippen LogP contribution in [0.4, 0.5) is 8.78 Å². The Hall–Kier alpha value is -0.520. The van der Waals surface area contributed by atoms with Gasteiger partial charge in [0, 0.05) is 24.1 Å². The molecule has 0 radical (unpaired) electrons. The van der Waals surface area contributed by atoms with Crippen LogP contribution in [0.1, 0.15) is 32.3 Å². The highest BCUT2D eigenvalue weighted by Crippen LogP contribution is 2.39. The van der Waals surface area contributed by atoms with Gasteiger partial charge in [-0.25, -0.2) is 8.78 Å². The number of hydrogen-bond donors (Lipinski definition) is 1. The van der Waals surface area contributed by atoms with E-state index in [4.69, 9.17) is 4.74 Å². The molecule has 2 unspecified atom stereocenters. The third-order valence-corrected chi connectivity index (χ3v) is 5.01. The lowest BCUT2D eigenvalue weighted by Gasteiger charge is -2.33. The Balaban J connectivity index is 2.25. The molecular formula is C16H22BrF2NO. The summed E-state index contributed by atoms with van der Waals surface area (Å²) in [4.78, 5) is 0. The second kappa shape index (κ2) is 7.16. The molecule has 1 fully saturated rings. The van der Waals surface area contributed by atoms with Gasteiger partial charge in [0.2, 0.25) is 0 Å². The van der Waals surface area contributed by atoms with Crippen molar-refractivity contribution in [2.45, 2.75) is 39.2 Å². The lowest BCUT2D eigenvalue weighted by atomic mass is 9.76. The van der Waals surface area contributed by atoms with Crippen LogP contribution in [0.25, 0.3) is 0 Å². The summed E-state index contributed by atoms with van der Waals surface area (Å²) in [5.41, 5.74) is -0.0995. The maximum Gasteiger partial charge on any atom is 0.143 e. The van der Waals surface area contributed by atoms with Gasteiger partial charge in [0.15, 0.2) is 0 Å². The smallest absolute Gasteiger partial charge is 0.143 e. The van der Waals surface area contributed by atoms with Crippen molar-refractivity contribution >= 4 is 15.9 Å². The van der Waals surface area contributed by atoms with Gasteiger partial charge in [0.05, 0.1) is 10.6 Å². The number of benzene rings is 1. The molecule has 1 aromatic rings. The first-order valence-electron chi connectivity index (χ1n) is 7.45. The van der Waals surface area contributed by atoms with Gasteiger partial charge in [-0.3, -0.25) is 0 Å². The van der Waals surface area contributed by atoms with Gasteiger partial charge >= 0.3 is 0 Å². The van der Waals surface area contributed by atoms with Crippen molar-refractivity contribution in [3.8, 4) is 0 Å². The highest BCUT2D eigenvalue weighted by atomic mass is 79.9. The molecule has 1 heterocycles. The standard InChI is InChI=1S/C16H22BrF2NO/c1-3-7-20-10-16(6-8-21-11(16)2)9-12-14(18)5-4-13(17)15(12)19/h4-5,11,20H,3,6-10H2,1-2H3. The molecule has 0 aliphatic carbocycles. The van der Waals surface area contributed by atoms with Crippen molar-refractivity contribution in [2.24, 2.45) is 5.41 Å². The van der Waals surface area contributed by atoms with Crippen LogP contribution in [0.15, 0.2) is 16.6 Å². The first-order chi connectivity index (χ1) is 10.00. The Morgan fingerprint density at radius 1 is 1.43 bits per heavy atom. The van der Waals surface area contributed by atoms with Crippen LogP contribution in [0, 0.1) is 17.0 Å². The van der Waals surface area contributed by atoms with E-state index in [0.717, 1.165) is 19.4 Å². The topological polar surface area (TPSA) is 21.3 Å². The van der Waals surface area contributed by atoms with Crippen molar-refractivity contribution in [3.05, 3.63) is 33.8 Å². The number of ether oxygens (including phenoxy) is 1. The zero-order chi connectivity index (χ0) is 15.5. The normalized spacial score (nSPS) is 25.5. The molecule has 118 valence electrons. The predicted molar refractivity (Wildman–Crippen MR) is 83.4 cm³/mol. The summed E-state index contributed by atoms with van der Waals surface area (Å²) in [6, 6.07) is 2.72. The number of hydrogen-bond acceptors (Lipinski definition) is 2. The zero-order valence-electron chi connectivity index (χ0n) is 12.5. The fourth-order valence-electron chi connectivity index (χ4n) is 2.94. The van der Waals surface area contributed by atoms with Gasteiger partial charge in [0.1, 0.15) is 11.6 Å². The molecule has 0 bridgehead atoms. The minimum absolute atomic E-state index is 0.0142. The molecule has 1 aromatic carbocycles. The van der Waals surface area contributed by atoms with Gasteiger partial charge in [-0.15, -0.1) is 0 Å². The molecule has 0 aromatic heterocycles. The minimum Gasteiger partial charge on any atom is -0.378 e. The van der Waals surface area contributed by atoms with Crippen molar-refractivity contribution in [1.82, 2.24) is 5.32 Å². The summed E-state index contributed by atoms with van der Waals surface area (Å²) < 4.78 is 34.3. The molecule has 21 heavy (non-hydrogen) atoms. The fraction of sp³-hybridized carbons (Fsp3) is 0.625. The van der Waals surface area contributed by atoms with E-state index in [2.05, 4.69) is 28.2 Å². The van der Waals surface area contributed by atoms with Crippen LogP contribution in [0.3, 0.4) is 0 Å². The van der Waals surface area contributed by atoms with Crippen LogP contribution in [-0.4, -0.2) is 25.8 Å². The van der Waals surface area contributed by atoms with Gasteiger partial charge in [-0.05, 0) is 60.8 Å². The first-order valence-corrected chi connectivity index (χ1v) is 8.24. The first kappa shape index (κ1) is 16.8. The molecule has 5 heteroatoms. The molecule has 0 amide bonds. The SMILES string of the molecule is CCCNCC1(Cc2c(F)ccc(Br)c2F)CCOC1C. The predicted octanol–water partition coefficient (Wildman–Crippen LogP) is 4.06. The van der Waals surface area contributed by atoms with Gasteiger partial charge in [0.25, 0.3) is 0 Å². The molecule has 1 N–H and O–H groups in total. The molecule has 2 atom stereocenters. The van der Waals surface area contributed by atoms with E-state index in [1.807, 2.05) is 6.92 Å². The van der Waals surface area contributed by atoms with Gasteiger partial charge < -0.3 is 10.1 Å². The van der Waals surface area contributed by atoms with Crippen molar-refractivity contribution < 1.29 is 13.5 Å². The number of nitrogens with one attached hydrogen (secondary N) is 1. The van der Waals surface area contributed by atoms with E-state index in [0.29, 0.717) is 24.0 Å². The average molecular weight is 362 g/mol. The molecule has 0 saturated carbocycles. The van der Waals surface area contributed by atoms with Crippen LogP contribution in [-0.2, 0) is 11.2 Å². The number of rotatable bonds is 6. The van der Waals surface area contributed by atoms with Gasteiger partial charge in [-0.2, -0.15) is 0 Å². The molecular weight excluding hydrogens is 340 g/mol. The van der Waals surface area contributed by atoms with Crippen LogP contribution >= 0.6 is 15.9 Å². The Kier molecular flexibility index (Phi) is 5.74. The molecule has 1 saturated heterocycles. The highest BCUT2D eigenvalue weighted by Gasteiger charge is 2.42. The molecule has 2 nitrogen and oxygen atoms in total. The van der Waals surface area contributed by atoms with E-state index >= 15 is 0 Å². The van der Waals surface area contributed by atoms with Crippen LogP contribution in [0.2, 0.25) is 0 Å². The quantitative estimate of drug-likeness (QED) is 0.609. The summed E-state index contributed by atoms with van der Waals surface area (Å²) in [6.07, 6.45) is 2.18. The summed E-state index contributed by atoms with van der Waals surface area (Å²) in [5, 5.41) is 3.39. The maximum absolute atomic E-state index is 14.3. The number of halogens is 3. The van der Waals surface area contributed by atoms with Crippen molar-refractivity contribution in [3.63, 3.8) is 0 Å². The summed E-state index contributed by atoms with van der Waals surface area (Å²) >= 11 is 3.14. The Morgan fingerprint density at radius 2 is 2.19 bits per heavy atom. The highest BCUT2D eigenvalue weighted by molar-refractivity contribution is 9.10. The Bertz CT molecular complexity index is 497. The van der Waals surface area contributed by atoms with Crippen molar-refractivity contribution in [1.29, 1.82) is 0 Å². The third kappa shape index (κ3) is 3.63. The van der Waals surface area contributed by atoms with E-state index in [1.165, 1.54) is 12.1 Å². The van der Waals surface area contributed by atoms with Crippen LogP contribution < -0.4 is 5.32 Å². The largest absolute Gasteiger partial charge is 0.378 e.